The van der Waals surface area contributed by atoms with E-state index in [1.165, 1.54) is 6.42 Å². The van der Waals surface area contributed by atoms with Gasteiger partial charge in [-0.2, -0.15) is 5.10 Å². The molecule has 0 aliphatic heterocycles. The molecule has 1 saturated carbocycles. The number of methoxy groups -OCH3 is 2. The maximum absolute atomic E-state index is 13.0. The third kappa shape index (κ3) is 3.88. The van der Waals surface area contributed by atoms with Gasteiger partial charge in [-0.25, -0.2) is 4.98 Å². The number of ether oxygens (including phenoxy) is 2. The summed E-state index contributed by atoms with van der Waals surface area (Å²) < 4.78 is 15.2. The van der Waals surface area contributed by atoms with Crippen LogP contribution in [0.5, 0.6) is 11.5 Å². The minimum Gasteiger partial charge on any atom is -0.496 e. The summed E-state index contributed by atoms with van der Waals surface area (Å²) in [7, 11) is 3.18. The highest BCUT2D eigenvalue weighted by atomic mass is 16.5. The topological polar surface area (TPSA) is 71.2 Å². The van der Waals surface area contributed by atoms with Gasteiger partial charge in [-0.3, -0.25) is 14.0 Å². The normalized spacial score (nSPS) is 13.8. The molecule has 5 rings (SSSR count). The molecular formula is C26H28N4O3. The van der Waals surface area contributed by atoms with E-state index < -0.39 is 0 Å². The summed E-state index contributed by atoms with van der Waals surface area (Å²) in [6, 6.07) is 9.96. The maximum atomic E-state index is 13.0. The predicted octanol–water partition coefficient (Wildman–Crippen LogP) is 5.30. The van der Waals surface area contributed by atoms with Gasteiger partial charge in [0.2, 0.25) is 0 Å². The molecule has 1 aliphatic carbocycles. The summed E-state index contributed by atoms with van der Waals surface area (Å²) in [5.74, 6) is 1.61. The number of hydrogen-bond acceptors (Lipinski definition) is 5. The van der Waals surface area contributed by atoms with E-state index in [4.69, 9.17) is 9.47 Å². The van der Waals surface area contributed by atoms with Gasteiger partial charge >= 0.3 is 0 Å². The molecule has 2 aromatic carbocycles. The van der Waals surface area contributed by atoms with Crippen molar-refractivity contribution in [3.05, 3.63) is 54.6 Å². The third-order valence-electron chi connectivity index (χ3n) is 6.58. The zero-order chi connectivity index (χ0) is 22.9. The van der Waals surface area contributed by atoms with E-state index in [1.54, 1.807) is 20.5 Å². The molecule has 7 heteroatoms. The summed E-state index contributed by atoms with van der Waals surface area (Å²) in [5, 5.41) is 4.37. The van der Waals surface area contributed by atoms with Crippen molar-refractivity contribution in [1.82, 2.24) is 19.3 Å². The molecule has 1 aliphatic rings. The molecule has 0 spiro atoms. The molecule has 0 bridgehead atoms. The average Bonchev–Trinajstić information content (AvgIpc) is 3.47. The van der Waals surface area contributed by atoms with E-state index in [-0.39, 0.29) is 5.78 Å². The number of carbonyl (C=O) groups excluding carboxylic acids is 1. The summed E-state index contributed by atoms with van der Waals surface area (Å²) in [4.78, 5) is 17.6. The van der Waals surface area contributed by atoms with Crippen LogP contribution in [0.15, 0.2) is 49.1 Å². The Hall–Kier alpha value is -3.61. The minimum absolute atomic E-state index is 0.0766. The molecular weight excluding hydrogens is 416 g/mol. The Kier molecular flexibility index (Phi) is 5.62. The van der Waals surface area contributed by atoms with Crippen molar-refractivity contribution in [2.75, 3.05) is 14.2 Å². The van der Waals surface area contributed by atoms with Gasteiger partial charge in [-0.05, 0) is 30.5 Å². The predicted molar refractivity (Wildman–Crippen MR) is 127 cm³/mol. The highest BCUT2D eigenvalue weighted by Crippen LogP contribution is 2.37. The van der Waals surface area contributed by atoms with Gasteiger partial charge in [-0.1, -0.05) is 25.3 Å². The van der Waals surface area contributed by atoms with Crippen molar-refractivity contribution in [2.45, 2.75) is 39.2 Å². The molecule has 4 aromatic rings. The SMILES string of the molecule is CCn1cc(-c2ccc3c(c2)ncn3-c2cc(OC)c(C(=O)CC3CCC3)c(OC)c2)cn1. The van der Waals surface area contributed by atoms with Crippen LogP contribution in [0.3, 0.4) is 0 Å². The lowest BCUT2D eigenvalue weighted by atomic mass is 9.80. The molecule has 7 nitrogen and oxygen atoms in total. The molecule has 2 heterocycles. The van der Waals surface area contributed by atoms with Gasteiger partial charge in [0, 0.05) is 36.9 Å². The zero-order valence-electron chi connectivity index (χ0n) is 19.2. The van der Waals surface area contributed by atoms with E-state index in [9.17, 15) is 4.79 Å². The molecule has 33 heavy (non-hydrogen) atoms. The molecule has 0 atom stereocenters. The van der Waals surface area contributed by atoms with Gasteiger partial charge in [-0.15, -0.1) is 0 Å². The van der Waals surface area contributed by atoms with Crippen molar-refractivity contribution in [2.24, 2.45) is 5.92 Å². The van der Waals surface area contributed by atoms with Crippen LogP contribution >= 0.6 is 0 Å². The van der Waals surface area contributed by atoms with Crippen LogP contribution in [0.2, 0.25) is 0 Å². The summed E-state index contributed by atoms with van der Waals surface area (Å²) in [6.07, 6.45) is 9.68. The van der Waals surface area contributed by atoms with Gasteiger partial charge in [0.15, 0.2) is 5.78 Å². The van der Waals surface area contributed by atoms with Crippen molar-refractivity contribution in [3.8, 4) is 28.3 Å². The van der Waals surface area contributed by atoms with E-state index in [1.807, 2.05) is 33.8 Å². The summed E-state index contributed by atoms with van der Waals surface area (Å²) in [6.45, 7) is 2.90. The number of imidazole rings is 1. The summed E-state index contributed by atoms with van der Waals surface area (Å²) in [5.41, 5.74) is 5.32. The van der Waals surface area contributed by atoms with Crippen LogP contribution in [0.25, 0.3) is 27.8 Å². The molecule has 0 unspecified atom stereocenters. The fourth-order valence-corrected chi connectivity index (χ4v) is 4.46. The monoisotopic (exact) mass is 444 g/mol. The van der Waals surface area contributed by atoms with Gasteiger partial charge in [0.25, 0.3) is 0 Å². The molecule has 0 saturated heterocycles. The molecule has 0 radical (unpaired) electrons. The number of nitrogens with zero attached hydrogens (tertiary/aromatic N) is 4. The third-order valence-corrected chi connectivity index (χ3v) is 6.58. The van der Waals surface area contributed by atoms with Crippen LogP contribution in [0.1, 0.15) is 43.0 Å². The van der Waals surface area contributed by atoms with E-state index >= 15 is 0 Å². The van der Waals surface area contributed by atoms with Crippen molar-refractivity contribution in [1.29, 1.82) is 0 Å². The van der Waals surface area contributed by atoms with Crippen molar-refractivity contribution in [3.63, 3.8) is 0 Å². The van der Waals surface area contributed by atoms with E-state index in [2.05, 4.69) is 35.2 Å². The first-order valence-corrected chi connectivity index (χ1v) is 11.4. The van der Waals surface area contributed by atoms with Crippen LogP contribution in [0.4, 0.5) is 0 Å². The number of Topliss-reactive ketones (excluding diaryl/α,β-unsaturated/α-hetero) is 1. The number of aromatic nitrogens is 4. The van der Waals surface area contributed by atoms with E-state index in [0.717, 1.165) is 47.2 Å². The second-order valence-corrected chi connectivity index (χ2v) is 8.55. The average molecular weight is 445 g/mol. The maximum Gasteiger partial charge on any atom is 0.170 e. The Morgan fingerprint density at radius 1 is 1.09 bits per heavy atom. The fraction of sp³-hybridized carbons (Fsp3) is 0.346. The van der Waals surface area contributed by atoms with E-state index in [0.29, 0.717) is 29.4 Å². The number of hydrogen-bond donors (Lipinski definition) is 0. The molecule has 2 aromatic heterocycles. The lowest BCUT2D eigenvalue weighted by Crippen LogP contribution is -2.17. The fourth-order valence-electron chi connectivity index (χ4n) is 4.46. The first kappa shape index (κ1) is 21.2. The molecule has 0 amide bonds. The van der Waals surface area contributed by atoms with Gasteiger partial charge in [0.05, 0.1) is 37.1 Å². The van der Waals surface area contributed by atoms with Crippen LogP contribution in [0, 0.1) is 5.92 Å². The minimum atomic E-state index is 0.0766. The number of aryl methyl sites for hydroxylation is 1. The Morgan fingerprint density at radius 3 is 2.45 bits per heavy atom. The first-order chi connectivity index (χ1) is 16.1. The molecule has 170 valence electrons. The first-order valence-electron chi connectivity index (χ1n) is 11.4. The number of fused-ring (bicyclic) bond motifs is 1. The number of benzene rings is 2. The van der Waals surface area contributed by atoms with Crippen LogP contribution < -0.4 is 9.47 Å². The molecule has 0 N–H and O–H groups in total. The second-order valence-electron chi connectivity index (χ2n) is 8.55. The lowest BCUT2D eigenvalue weighted by molar-refractivity contribution is 0.0930. The second kappa shape index (κ2) is 8.73. The van der Waals surface area contributed by atoms with Crippen LogP contribution in [-0.4, -0.2) is 39.3 Å². The zero-order valence-corrected chi connectivity index (χ0v) is 19.2. The number of carbonyl (C=O) groups is 1. The highest BCUT2D eigenvalue weighted by molar-refractivity contribution is 6.02. The Balaban J connectivity index is 1.52. The van der Waals surface area contributed by atoms with Crippen molar-refractivity contribution < 1.29 is 14.3 Å². The lowest BCUT2D eigenvalue weighted by Gasteiger charge is -2.25. The smallest absolute Gasteiger partial charge is 0.170 e. The largest absolute Gasteiger partial charge is 0.496 e. The van der Waals surface area contributed by atoms with Crippen LogP contribution in [-0.2, 0) is 6.54 Å². The highest BCUT2D eigenvalue weighted by Gasteiger charge is 2.26. The quantitative estimate of drug-likeness (QED) is 0.345. The van der Waals surface area contributed by atoms with Gasteiger partial charge < -0.3 is 9.47 Å². The van der Waals surface area contributed by atoms with Crippen molar-refractivity contribution >= 4 is 16.8 Å². The number of rotatable bonds is 8. The Labute approximate surface area is 193 Å². The summed E-state index contributed by atoms with van der Waals surface area (Å²) >= 11 is 0. The standard InChI is InChI=1S/C26H28N4O3/c1-4-29-15-19(14-28-29)18-8-9-22-21(11-18)27-16-30(22)20-12-24(32-2)26(25(13-20)33-3)23(31)10-17-6-5-7-17/h8-9,11-17H,4-7,10H2,1-3H3. The Bertz CT molecular complexity index is 1290. The van der Waals surface area contributed by atoms with Gasteiger partial charge in [0.1, 0.15) is 23.4 Å². The Morgan fingerprint density at radius 2 is 1.85 bits per heavy atom. The molecule has 1 fully saturated rings. The number of ketones is 1.